The Hall–Kier alpha value is -1.39. The molecule has 1 heterocycles. The molecule has 1 aromatic rings. The van der Waals surface area contributed by atoms with Gasteiger partial charge in [0.15, 0.2) is 0 Å². The summed E-state index contributed by atoms with van der Waals surface area (Å²) < 4.78 is 5.91. The molecule has 0 aromatic heterocycles. The first kappa shape index (κ1) is 17.4. The predicted octanol–water partition coefficient (Wildman–Crippen LogP) is 3.14. The van der Waals surface area contributed by atoms with Gasteiger partial charge in [-0.2, -0.15) is 0 Å². The van der Waals surface area contributed by atoms with E-state index in [2.05, 4.69) is 22.3 Å². The molecule has 2 atom stereocenters. The van der Waals surface area contributed by atoms with Gasteiger partial charge in [0.1, 0.15) is 0 Å². The fraction of sp³-hybridized carbons (Fsp3) is 0.650. The molecule has 2 aliphatic rings. The van der Waals surface area contributed by atoms with Crippen LogP contribution in [0.5, 0.6) is 0 Å². The van der Waals surface area contributed by atoms with E-state index in [1.807, 2.05) is 25.1 Å². The molecule has 0 spiro atoms. The maximum absolute atomic E-state index is 12.5. The minimum atomic E-state index is -0.0938. The summed E-state index contributed by atoms with van der Waals surface area (Å²) in [6.07, 6.45) is 6.59. The number of rotatable bonds is 5. The molecule has 3 rings (SSSR count). The van der Waals surface area contributed by atoms with E-state index in [-0.39, 0.29) is 18.1 Å². The molecule has 0 radical (unpaired) electrons. The Morgan fingerprint density at radius 3 is 2.75 bits per heavy atom. The summed E-state index contributed by atoms with van der Waals surface area (Å²) in [6, 6.07) is 10.2. The van der Waals surface area contributed by atoms with Gasteiger partial charge in [0.05, 0.1) is 18.8 Å². The topological polar surface area (TPSA) is 41.6 Å². The Kier molecular flexibility index (Phi) is 6.27. The van der Waals surface area contributed by atoms with E-state index < -0.39 is 0 Å². The highest BCUT2D eigenvalue weighted by molar-refractivity contribution is 5.81. The van der Waals surface area contributed by atoms with E-state index in [9.17, 15) is 4.79 Å². The molecule has 1 aromatic carbocycles. The van der Waals surface area contributed by atoms with Gasteiger partial charge in [-0.15, -0.1) is 0 Å². The Morgan fingerprint density at radius 2 is 2.00 bits per heavy atom. The van der Waals surface area contributed by atoms with Crippen molar-refractivity contribution in [1.29, 1.82) is 0 Å². The Balaban J connectivity index is 1.50. The van der Waals surface area contributed by atoms with Crippen molar-refractivity contribution in [2.45, 2.75) is 51.2 Å². The second-order valence-electron chi connectivity index (χ2n) is 7.19. The third-order valence-electron chi connectivity index (χ3n) is 5.49. The van der Waals surface area contributed by atoms with Crippen LogP contribution in [0.2, 0.25) is 0 Å². The summed E-state index contributed by atoms with van der Waals surface area (Å²) >= 11 is 0. The number of nitrogens with zero attached hydrogens (tertiary/aromatic N) is 1. The van der Waals surface area contributed by atoms with Crippen LogP contribution in [-0.4, -0.2) is 43.1 Å². The molecule has 1 N–H and O–H groups in total. The van der Waals surface area contributed by atoms with Crippen LogP contribution < -0.4 is 5.32 Å². The van der Waals surface area contributed by atoms with E-state index in [4.69, 9.17) is 4.74 Å². The van der Waals surface area contributed by atoms with Crippen LogP contribution in [0.1, 0.15) is 50.7 Å². The van der Waals surface area contributed by atoms with Gasteiger partial charge in [0.2, 0.25) is 5.91 Å². The maximum Gasteiger partial charge on any atom is 0.237 e. The minimum Gasteiger partial charge on any atom is -0.371 e. The smallest absolute Gasteiger partial charge is 0.237 e. The Morgan fingerprint density at radius 1 is 1.25 bits per heavy atom. The van der Waals surface area contributed by atoms with Gasteiger partial charge in [-0.25, -0.2) is 0 Å². The van der Waals surface area contributed by atoms with Gasteiger partial charge in [-0.1, -0.05) is 49.6 Å². The molecule has 1 aliphatic heterocycles. The molecule has 1 saturated heterocycles. The molecule has 1 saturated carbocycles. The number of ether oxygens (including phenoxy) is 1. The second-order valence-corrected chi connectivity index (χ2v) is 7.19. The van der Waals surface area contributed by atoms with Crippen molar-refractivity contribution in [1.82, 2.24) is 10.2 Å². The molecule has 132 valence electrons. The molecule has 4 nitrogen and oxygen atoms in total. The summed E-state index contributed by atoms with van der Waals surface area (Å²) in [5.41, 5.74) is 1.19. The van der Waals surface area contributed by atoms with Gasteiger partial charge < -0.3 is 10.1 Å². The van der Waals surface area contributed by atoms with Crippen LogP contribution in [0.4, 0.5) is 0 Å². The van der Waals surface area contributed by atoms with Gasteiger partial charge in [-0.3, -0.25) is 9.69 Å². The van der Waals surface area contributed by atoms with Crippen molar-refractivity contribution < 1.29 is 9.53 Å². The number of benzene rings is 1. The fourth-order valence-electron chi connectivity index (χ4n) is 3.84. The summed E-state index contributed by atoms with van der Waals surface area (Å²) in [5, 5.41) is 3.18. The first-order valence-corrected chi connectivity index (χ1v) is 9.42. The SMILES string of the molecule is CC(C(=O)NCC1CCCCC1)N1CCOC(c2ccccc2)C1. The monoisotopic (exact) mass is 330 g/mol. The van der Waals surface area contributed by atoms with Crippen molar-refractivity contribution in [3.63, 3.8) is 0 Å². The van der Waals surface area contributed by atoms with Crippen LogP contribution in [0.25, 0.3) is 0 Å². The lowest BCUT2D eigenvalue weighted by molar-refractivity contribution is -0.129. The summed E-state index contributed by atoms with van der Waals surface area (Å²) in [7, 11) is 0. The average molecular weight is 330 g/mol. The number of carbonyl (C=O) groups is 1. The predicted molar refractivity (Wildman–Crippen MR) is 95.8 cm³/mol. The number of nitrogens with one attached hydrogen (secondary N) is 1. The molecule has 2 fully saturated rings. The van der Waals surface area contributed by atoms with E-state index in [1.165, 1.54) is 37.7 Å². The standard InChI is InChI=1S/C20H30N2O2/c1-16(20(23)21-14-17-8-4-2-5-9-17)22-12-13-24-19(15-22)18-10-6-3-7-11-18/h3,6-7,10-11,16-17,19H,2,4-5,8-9,12-15H2,1H3,(H,21,23). The quantitative estimate of drug-likeness (QED) is 0.902. The van der Waals surface area contributed by atoms with Gasteiger partial charge in [0, 0.05) is 19.6 Å². The first-order chi connectivity index (χ1) is 11.7. The Labute approximate surface area is 145 Å². The number of amides is 1. The van der Waals surface area contributed by atoms with E-state index >= 15 is 0 Å². The van der Waals surface area contributed by atoms with Crippen molar-refractivity contribution >= 4 is 5.91 Å². The highest BCUT2D eigenvalue weighted by Crippen LogP contribution is 2.24. The van der Waals surface area contributed by atoms with E-state index in [0.29, 0.717) is 12.5 Å². The van der Waals surface area contributed by atoms with Crippen LogP contribution in [0.3, 0.4) is 0 Å². The van der Waals surface area contributed by atoms with E-state index in [0.717, 1.165) is 19.6 Å². The van der Waals surface area contributed by atoms with Gasteiger partial charge in [-0.05, 0) is 31.2 Å². The average Bonchev–Trinajstić information content (AvgIpc) is 2.67. The third kappa shape index (κ3) is 4.58. The van der Waals surface area contributed by atoms with Crippen molar-refractivity contribution in [3.05, 3.63) is 35.9 Å². The largest absolute Gasteiger partial charge is 0.371 e. The lowest BCUT2D eigenvalue weighted by Gasteiger charge is -2.36. The lowest BCUT2D eigenvalue weighted by Crippen LogP contribution is -2.51. The summed E-state index contributed by atoms with van der Waals surface area (Å²) in [6.45, 7) is 5.14. The zero-order valence-electron chi connectivity index (χ0n) is 14.7. The maximum atomic E-state index is 12.5. The highest BCUT2D eigenvalue weighted by Gasteiger charge is 2.28. The van der Waals surface area contributed by atoms with Crippen molar-refractivity contribution in [2.24, 2.45) is 5.92 Å². The minimum absolute atomic E-state index is 0.0635. The van der Waals surface area contributed by atoms with E-state index in [1.54, 1.807) is 0 Å². The number of hydrogen-bond acceptors (Lipinski definition) is 3. The fourth-order valence-corrected chi connectivity index (χ4v) is 3.84. The molecule has 0 bridgehead atoms. The molecule has 2 unspecified atom stereocenters. The Bertz CT molecular complexity index is 514. The molecule has 1 aliphatic carbocycles. The molecule has 1 amide bonds. The first-order valence-electron chi connectivity index (χ1n) is 9.42. The van der Waals surface area contributed by atoms with Crippen molar-refractivity contribution in [3.8, 4) is 0 Å². The summed E-state index contributed by atoms with van der Waals surface area (Å²) in [4.78, 5) is 14.8. The van der Waals surface area contributed by atoms with Gasteiger partial charge in [0.25, 0.3) is 0 Å². The van der Waals surface area contributed by atoms with Crippen LogP contribution in [0, 0.1) is 5.92 Å². The highest BCUT2D eigenvalue weighted by atomic mass is 16.5. The van der Waals surface area contributed by atoms with Gasteiger partial charge >= 0.3 is 0 Å². The van der Waals surface area contributed by atoms with Crippen LogP contribution in [0.15, 0.2) is 30.3 Å². The third-order valence-corrected chi connectivity index (χ3v) is 5.49. The zero-order valence-corrected chi connectivity index (χ0v) is 14.7. The number of hydrogen-bond donors (Lipinski definition) is 1. The van der Waals surface area contributed by atoms with Crippen LogP contribution in [-0.2, 0) is 9.53 Å². The molecular weight excluding hydrogens is 300 g/mol. The zero-order chi connectivity index (χ0) is 16.8. The number of carbonyl (C=O) groups excluding carboxylic acids is 1. The summed E-state index contributed by atoms with van der Waals surface area (Å²) in [5.74, 6) is 0.839. The second kappa shape index (κ2) is 8.63. The normalized spacial score (nSPS) is 24.5. The molecule has 4 heteroatoms. The molecular formula is C20H30N2O2. The molecule has 24 heavy (non-hydrogen) atoms. The number of morpholine rings is 1. The lowest BCUT2D eigenvalue weighted by atomic mass is 9.89. The van der Waals surface area contributed by atoms with Crippen LogP contribution >= 0.6 is 0 Å². The van der Waals surface area contributed by atoms with Crippen molar-refractivity contribution in [2.75, 3.05) is 26.2 Å².